The van der Waals surface area contributed by atoms with Crippen LogP contribution in [0.1, 0.15) is 5.56 Å². The zero-order valence-electron chi connectivity index (χ0n) is 9.44. The zero-order valence-corrected chi connectivity index (χ0v) is 9.44. The normalized spacial score (nSPS) is 10.9. The van der Waals surface area contributed by atoms with Crippen LogP contribution in [-0.2, 0) is 0 Å². The van der Waals surface area contributed by atoms with Gasteiger partial charge in [-0.1, -0.05) is 0 Å². The first-order chi connectivity index (χ1) is 8.24. The van der Waals surface area contributed by atoms with E-state index in [2.05, 4.69) is 34.2 Å². The van der Waals surface area contributed by atoms with Gasteiger partial charge in [-0.05, 0) is 47.9 Å². The molecule has 0 aliphatic heterocycles. The number of aryl methyl sites for hydroxylation is 1. The highest BCUT2D eigenvalue weighted by atomic mass is 15.1. The Hall–Kier alpha value is -2.36. The van der Waals surface area contributed by atoms with Crippen molar-refractivity contribution in [2.24, 2.45) is 0 Å². The van der Waals surface area contributed by atoms with Gasteiger partial charge in [-0.25, -0.2) is 4.98 Å². The molecule has 0 fully saturated rings. The minimum Gasteiger partial charge on any atom is -0.384 e. The molecule has 1 aromatic carbocycles. The lowest BCUT2D eigenvalue weighted by molar-refractivity contribution is 1.11. The molecule has 3 aromatic rings. The van der Waals surface area contributed by atoms with Gasteiger partial charge in [-0.2, -0.15) is 5.10 Å². The molecule has 3 rings (SSSR count). The second-order valence-electron chi connectivity index (χ2n) is 4.10. The molecular weight excluding hydrogens is 212 g/mol. The van der Waals surface area contributed by atoms with E-state index in [1.54, 1.807) is 6.20 Å². The van der Waals surface area contributed by atoms with Crippen LogP contribution >= 0.6 is 0 Å². The van der Waals surface area contributed by atoms with E-state index in [1.807, 2.05) is 18.3 Å². The van der Waals surface area contributed by atoms with Crippen LogP contribution in [0.3, 0.4) is 0 Å². The Labute approximate surface area is 98.5 Å². The Morgan fingerprint density at radius 3 is 2.88 bits per heavy atom. The third-order valence-electron chi connectivity index (χ3n) is 2.86. The number of nitrogens with zero attached hydrogens (tertiary/aromatic N) is 2. The van der Waals surface area contributed by atoms with E-state index in [9.17, 15) is 0 Å². The molecule has 0 bridgehead atoms. The molecule has 0 atom stereocenters. The van der Waals surface area contributed by atoms with Gasteiger partial charge in [0.15, 0.2) is 0 Å². The summed E-state index contributed by atoms with van der Waals surface area (Å²) >= 11 is 0. The molecule has 2 aromatic heterocycles. The first-order valence-corrected chi connectivity index (χ1v) is 5.40. The van der Waals surface area contributed by atoms with Crippen molar-refractivity contribution >= 4 is 16.7 Å². The summed E-state index contributed by atoms with van der Waals surface area (Å²) in [7, 11) is 0. The molecule has 3 N–H and O–H groups in total. The highest BCUT2D eigenvalue weighted by Gasteiger charge is 2.05. The largest absolute Gasteiger partial charge is 0.384 e. The lowest BCUT2D eigenvalue weighted by atomic mass is 10.0. The number of nitrogen functional groups attached to an aromatic ring is 1. The molecule has 0 radical (unpaired) electrons. The van der Waals surface area contributed by atoms with Crippen molar-refractivity contribution in [2.75, 3.05) is 5.73 Å². The summed E-state index contributed by atoms with van der Waals surface area (Å²) in [5.41, 5.74) is 10.2. The number of pyridine rings is 1. The van der Waals surface area contributed by atoms with Crippen molar-refractivity contribution in [3.63, 3.8) is 0 Å². The first-order valence-electron chi connectivity index (χ1n) is 5.40. The number of hydrogen-bond donors (Lipinski definition) is 2. The van der Waals surface area contributed by atoms with E-state index in [-0.39, 0.29) is 0 Å². The highest BCUT2D eigenvalue weighted by molar-refractivity contribution is 5.87. The zero-order chi connectivity index (χ0) is 11.8. The smallest absolute Gasteiger partial charge is 0.123 e. The van der Waals surface area contributed by atoms with Crippen molar-refractivity contribution in [3.05, 3.63) is 42.2 Å². The van der Waals surface area contributed by atoms with Gasteiger partial charge >= 0.3 is 0 Å². The molecule has 0 saturated carbocycles. The summed E-state index contributed by atoms with van der Waals surface area (Å²) in [5.74, 6) is 0.535. The fourth-order valence-corrected chi connectivity index (χ4v) is 2.03. The predicted molar refractivity (Wildman–Crippen MR) is 68.5 cm³/mol. The molecule has 0 saturated heterocycles. The fourth-order valence-electron chi connectivity index (χ4n) is 2.03. The standard InChI is InChI=1S/C13H12N4/c1-8-4-10(5-11-7-16-17-13(8)11)9-2-3-15-12(14)6-9/h2-7H,1H3,(H2,14,15)(H,16,17). The fraction of sp³-hybridized carbons (Fsp3) is 0.0769. The number of nitrogens with two attached hydrogens (primary N) is 1. The quantitative estimate of drug-likeness (QED) is 0.667. The predicted octanol–water partition coefficient (Wildman–Crippen LogP) is 2.52. The van der Waals surface area contributed by atoms with E-state index in [4.69, 9.17) is 5.73 Å². The van der Waals surface area contributed by atoms with Crippen LogP contribution in [0.2, 0.25) is 0 Å². The van der Waals surface area contributed by atoms with E-state index >= 15 is 0 Å². The summed E-state index contributed by atoms with van der Waals surface area (Å²) < 4.78 is 0. The number of anilines is 1. The Kier molecular flexibility index (Phi) is 2.08. The number of rotatable bonds is 1. The second kappa shape index (κ2) is 3.59. The SMILES string of the molecule is Cc1cc(-c2ccnc(N)c2)cc2cn[nH]c12. The average Bonchev–Trinajstić information content (AvgIpc) is 2.77. The Balaban J connectivity index is 2.23. The molecule has 4 heteroatoms. The van der Waals surface area contributed by atoms with E-state index in [1.165, 1.54) is 5.56 Å². The molecule has 2 heterocycles. The summed E-state index contributed by atoms with van der Waals surface area (Å²) in [6.45, 7) is 2.06. The molecule has 17 heavy (non-hydrogen) atoms. The maximum atomic E-state index is 5.70. The molecule has 0 unspecified atom stereocenters. The van der Waals surface area contributed by atoms with Crippen LogP contribution in [0, 0.1) is 6.92 Å². The summed E-state index contributed by atoms with van der Waals surface area (Å²) in [5, 5.41) is 8.15. The Morgan fingerprint density at radius 2 is 2.06 bits per heavy atom. The number of hydrogen-bond acceptors (Lipinski definition) is 3. The van der Waals surface area contributed by atoms with Crippen LogP contribution in [0.25, 0.3) is 22.0 Å². The van der Waals surface area contributed by atoms with Gasteiger partial charge in [0.2, 0.25) is 0 Å². The summed E-state index contributed by atoms with van der Waals surface area (Å²) in [6, 6.07) is 8.05. The van der Waals surface area contributed by atoms with Gasteiger partial charge in [-0.15, -0.1) is 0 Å². The van der Waals surface area contributed by atoms with Crippen molar-refractivity contribution in [1.29, 1.82) is 0 Å². The van der Waals surface area contributed by atoms with Gasteiger partial charge < -0.3 is 5.73 Å². The van der Waals surface area contributed by atoms with Crippen molar-refractivity contribution in [1.82, 2.24) is 15.2 Å². The van der Waals surface area contributed by atoms with Gasteiger partial charge in [0.1, 0.15) is 5.82 Å². The second-order valence-corrected chi connectivity index (χ2v) is 4.10. The molecule has 0 aliphatic carbocycles. The van der Waals surface area contributed by atoms with Crippen LogP contribution < -0.4 is 5.73 Å². The monoisotopic (exact) mass is 224 g/mol. The number of nitrogens with one attached hydrogen (secondary N) is 1. The van der Waals surface area contributed by atoms with Gasteiger partial charge in [-0.3, -0.25) is 5.10 Å². The van der Waals surface area contributed by atoms with E-state index < -0.39 is 0 Å². The van der Waals surface area contributed by atoms with Gasteiger partial charge in [0, 0.05) is 11.6 Å². The molecule has 84 valence electrons. The van der Waals surface area contributed by atoms with Crippen molar-refractivity contribution < 1.29 is 0 Å². The number of fused-ring (bicyclic) bond motifs is 1. The van der Waals surface area contributed by atoms with E-state index in [0.29, 0.717) is 5.82 Å². The third kappa shape index (κ3) is 1.63. The molecule has 0 spiro atoms. The van der Waals surface area contributed by atoms with Crippen LogP contribution in [0.15, 0.2) is 36.7 Å². The summed E-state index contributed by atoms with van der Waals surface area (Å²) in [6.07, 6.45) is 3.55. The Bertz CT molecular complexity index is 685. The highest BCUT2D eigenvalue weighted by Crippen LogP contribution is 2.26. The number of aromatic nitrogens is 3. The third-order valence-corrected chi connectivity index (χ3v) is 2.86. The van der Waals surface area contributed by atoms with Gasteiger partial charge in [0.05, 0.1) is 11.7 Å². The van der Waals surface area contributed by atoms with Crippen LogP contribution in [-0.4, -0.2) is 15.2 Å². The lowest BCUT2D eigenvalue weighted by Crippen LogP contribution is -1.89. The topological polar surface area (TPSA) is 67.6 Å². The van der Waals surface area contributed by atoms with Crippen molar-refractivity contribution in [2.45, 2.75) is 6.92 Å². The molecular formula is C13H12N4. The lowest BCUT2D eigenvalue weighted by Gasteiger charge is -2.04. The molecule has 4 nitrogen and oxygen atoms in total. The maximum Gasteiger partial charge on any atom is 0.123 e. The summed E-state index contributed by atoms with van der Waals surface area (Å²) in [4.78, 5) is 4.00. The van der Waals surface area contributed by atoms with Crippen LogP contribution in [0.5, 0.6) is 0 Å². The average molecular weight is 224 g/mol. The minimum atomic E-state index is 0.535. The maximum absolute atomic E-state index is 5.70. The molecule has 0 aliphatic rings. The van der Waals surface area contributed by atoms with Gasteiger partial charge in [0.25, 0.3) is 0 Å². The number of aromatic amines is 1. The number of benzene rings is 1. The van der Waals surface area contributed by atoms with Crippen LogP contribution in [0.4, 0.5) is 5.82 Å². The Morgan fingerprint density at radius 1 is 1.18 bits per heavy atom. The first kappa shape index (κ1) is 9.84. The number of H-pyrrole nitrogens is 1. The van der Waals surface area contributed by atoms with E-state index in [0.717, 1.165) is 22.0 Å². The van der Waals surface area contributed by atoms with Crippen molar-refractivity contribution in [3.8, 4) is 11.1 Å². The minimum absolute atomic E-state index is 0.535. The molecule has 0 amide bonds.